The van der Waals surface area contributed by atoms with Crippen LogP contribution in [0.25, 0.3) is 0 Å². The third kappa shape index (κ3) is 5.30. The van der Waals surface area contributed by atoms with Crippen molar-refractivity contribution in [3.05, 3.63) is 64.2 Å². The lowest BCUT2D eigenvalue weighted by atomic mass is 9.96. The lowest BCUT2D eigenvalue weighted by Gasteiger charge is -2.32. The monoisotopic (exact) mass is 427 g/mol. The molecule has 9 nitrogen and oxygen atoms in total. The van der Waals surface area contributed by atoms with E-state index in [1.165, 1.54) is 7.11 Å². The van der Waals surface area contributed by atoms with Gasteiger partial charge in [0, 0.05) is 13.1 Å². The first kappa shape index (κ1) is 22.1. The van der Waals surface area contributed by atoms with Crippen LogP contribution >= 0.6 is 0 Å². The number of anilines is 2. The molecule has 0 bridgehead atoms. The molecule has 0 amide bonds. The minimum atomic E-state index is -0.835. The molecule has 1 aliphatic heterocycles. The summed E-state index contributed by atoms with van der Waals surface area (Å²) in [5.74, 6) is -1.70. The quantitative estimate of drug-likeness (QED) is 0.372. The number of carboxylic acids is 1. The number of ether oxygens (including phenoxy) is 1. The number of piperidine rings is 1. The molecule has 1 atom stereocenters. The Bertz CT molecular complexity index is 942. The van der Waals surface area contributed by atoms with Crippen LogP contribution in [0.5, 0.6) is 0 Å². The number of carboxylic acid groups (broad SMARTS) is 1. The Kier molecular flexibility index (Phi) is 7.07. The van der Waals surface area contributed by atoms with E-state index in [4.69, 9.17) is 4.74 Å². The second kappa shape index (κ2) is 9.92. The summed E-state index contributed by atoms with van der Waals surface area (Å²) in [6, 6.07) is 13.7. The fraction of sp³-hybridized carbons (Fsp3) is 0.364. The number of nitro benzene ring substituents is 1. The van der Waals surface area contributed by atoms with Crippen LogP contribution in [0.4, 0.5) is 17.1 Å². The van der Waals surface area contributed by atoms with Crippen LogP contribution in [-0.2, 0) is 14.3 Å². The molecule has 0 saturated carbocycles. The first-order valence-corrected chi connectivity index (χ1v) is 10.0. The van der Waals surface area contributed by atoms with Gasteiger partial charge in [-0.05, 0) is 30.5 Å². The van der Waals surface area contributed by atoms with Crippen molar-refractivity contribution < 1.29 is 24.4 Å². The highest BCUT2D eigenvalue weighted by Crippen LogP contribution is 2.39. The Labute approximate surface area is 179 Å². The molecule has 0 radical (unpaired) electrons. The molecule has 9 heteroatoms. The van der Waals surface area contributed by atoms with Gasteiger partial charge in [0.15, 0.2) is 0 Å². The van der Waals surface area contributed by atoms with Crippen molar-refractivity contribution in [3.63, 3.8) is 0 Å². The molecule has 1 aliphatic rings. The summed E-state index contributed by atoms with van der Waals surface area (Å²) in [4.78, 5) is 36.6. The first-order chi connectivity index (χ1) is 14.9. The number of esters is 1. The van der Waals surface area contributed by atoms with Crippen molar-refractivity contribution in [2.24, 2.45) is 5.92 Å². The van der Waals surface area contributed by atoms with Crippen LogP contribution < -0.4 is 10.2 Å². The number of methoxy groups -OCH3 is 1. The molecule has 3 rings (SSSR count). The van der Waals surface area contributed by atoms with Gasteiger partial charge in [-0.3, -0.25) is 19.7 Å². The van der Waals surface area contributed by atoms with E-state index < -0.39 is 28.8 Å². The Morgan fingerprint density at radius 3 is 2.45 bits per heavy atom. The minimum Gasteiger partial charge on any atom is -0.481 e. The third-order valence-electron chi connectivity index (χ3n) is 5.51. The highest BCUT2D eigenvalue weighted by molar-refractivity contribution is 5.79. The number of para-hydroxylation sites is 1. The number of carbonyl (C=O) groups excluding carboxylic acids is 1. The summed E-state index contributed by atoms with van der Waals surface area (Å²) in [7, 11) is 1.30. The number of benzene rings is 2. The molecule has 164 valence electrons. The third-order valence-corrected chi connectivity index (χ3v) is 5.51. The van der Waals surface area contributed by atoms with E-state index in [2.05, 4.69) is 5.32 Å². The van der Waals surface area contributed by atoms with E-state index in [0.717, 1.165) is 5.56 Å². The maximum atomic E-state index is 12.0. The highest BCUT2D eigenvalue weighted by Gasteiger charge is 2.30. The molecule has 1 heterocycles. The number of aliphatic carboxylic acids is 1. The van der Waals surface area contributed by atoms with Crippen LogP contribution in [0.2, 0.25) is 0 Å². The Morgan fingerprint density at radius 2 is 1.87 bits per heavy atom. The summed E-state index contributed by atoms with van der Waals surface area (Å²) in [5, 5.41) is 24.4. The molecule has 31 heavy (non-hydrogen) atoms. The predicted molar refractivity (Wildman–Crippen MR) is 115 cm³/mol. The van der Waals surface area contributed by atoms with E-state index in [-0.39, 0.29) is 12.1 Å². The highest BCUT2D eigenvalue weighted by atomic mass is 16.6. The largest absolute Gasteiger partial charge is 0.481 e. The number of nitrogens with one attached hydrogen (secondary N) is 1. The summed E-state index contributed by atoms with van der Waals surface area (Å²) >= 11 is 0. The molecule has 2 N–H and O–H groups in total. The first-order valence-electron chi connectivity index (χ1n) is 10.0. The fourth-order valence-corrected chi connectivity index (χ4v) is 3.84. The van der Waals surface area contributed by atoms with Crippen molar-refractivity contribution in [2.75, 3.05) is 30.4 Å². The van der Waals surface area contributed by atoms with Gasteiger partial charge in [-0.2, -0.15) is 0 Å². The zero-order chi connectivity index (χ0) is 22.4. The zero-order valence-electron chi connectivity index (χ0n) is 17.2. The van der Waals surface area contributed by atoms with Gasteiger partial charge in [-0.1, -0.05) is 36.4 Å². The number of nitrogens with zero attached hydrogens (tertiary/aromatic N) is 2. The van der Waals surface area contributed by atoms with E-state index in [9.17, 15) is 24.8 Å². The Hall–Kier alpha value is -3.62. The number of nitro groups is 1. The van der Waals surface area contributed by atoms with Crippen LogP contribution in [-0.4, -0.2) is 42.2 Å². The molecular weight excluding hydrogens is 402 g/mol. The van der Waals surface area contributed by atoms with Gasteiger partial charge in [0.1, 0.15) is 11.4 Å². The van der Waals surface area contributed by atoms with E-state index in [0.29, 0.717) is 37.3 Å². The Morgan fingerprint density at radius 1 is 1.19 bits per heavy atom. The van der Waals surface area contributed by atoms with Crippen molar-refractivity contribution >= 4 is 29.0 Å². The topological polar surface area (TPSA) is 122 Å². The molecule has 2 aromatic rings. The van der Waals surface area contributed by atoms with Crippen LogP contribution in [0.1, 0.15) is 30.9 Å². The van der Waals surface area contributed by atoms with Crippen LogP contribution in [0.15, 0.2) is 48.5 Å². The van der Waals surface area contributed by atoms with Crippen molar-refractivity contribution in [1.82, 2.24) is 0 Å². The summed E-state index contributed by atoms with van der Waals surface area (Å²) in [6.07, 6.45) is 0.865. The van der Waals surface area contributed by atoms with Crippen LogP contribution in [0.3, 0.4) is 0 Å². The summed E-state index contributed by atoms with van der Waals surface area (Å²) in [6.45, 7) is 0.844. The lowest BCUT2D eigenvalue weighted by Crippen LogP contribution is -2.36. The fourth-order valence-electron chi connectivity index (χ4n) is 3.84. The van der Waals surface area contributed by atoms with Crippen molar-refractivity contribution in [2.45, 2.75) is 25.3 Å². The van der Waals surface area contributed by atoms with Gasteiger partial charge in [0.25, 0.3) is 0 Å². The Balaban J connectivity index is 1.91. The molecule has 0 spiro atoms. The number of hydrogen-bond acceptors (Lipinski definition) is 7. The lowest BCUT2D eigenvalue weighted by molar-refractivity contribution is -0.383. The average Bonchev–Trinajstić information content (AvgIpc) is 2.78. The standard InChI is InChI=1S/C22H25N3O6/c1-31-20(26)14-18(15-6-3-2-4-7-15)23-17-8-5-9-19(21(17)25(29)30)24-12-10-16(11-13-24)22(27)28/h2-9,16,18,23H,10-14H2,1H3,(H,27,28). The molecule has 1 unspecified atom stereocenters. The van der Waals surface area contributed by atoms with Crippen LogP contribution in [0, 0.1) is 16.0 Å². The number of carbonyl (C=O) groups is 2. The number of hydrogen-bond donors (Lipinski definition) is 2. The van der Waals surface area contributed by atoms with Gasteiger partial charge >= 0.3 is 17.6 Å². The molecular formula is C22H25N3O6. The van der Waals surface area contributed by atoms with Gasteiger partial charge in [-0.25, -0.2) is 0 Å². The average molecular weight is 427 g/mol. The SMILES string of the molecule is COC(=O)CC(Nc1cccc(N2CCC(C(=O)O)CC2)c1[N+](=O)[O-])c1ccccc1. The predicted octanol–water partition coefficient (Wildman–Crippen LogP) is 3.61. The molecule has 0 aliphatic carbocycles. The van der Waals surface area contributed by atoms with Crippen molar-refractivity contribution in [3.8, 4) is 0 Å². The second-order valence-electron chi connectivity index (χ2n) is 7.42. The number of rotatable bonds is 8. The molecule has 1 saturated heterocycles. The summed E-state index contributed by atoms with van der Waals surface area (Å²) < 4.78 is 4.80. The van der Waals surface area contributed by atoms with Gasteiger partial charge < -0.3 is 20.1 Å². The molecule has 2 aromatic carbocycles. The van der Waals surface area contributed by atoms with Gasteiger partial charge in [0.05, 0.1) is 30.4 Å². The normalized spacial score (nSPS) is 15.2. The zero-order valence-corrected chi connectivity index (χ0v) is 17.2. The van der Waals surface area contributed by atoms with E-state index >= 15 is 0 Å². The van der Waals surface area contributed by atoms with Gasteiger partial charge in [-0.15, -0.1) is 0 Å². The smallest absolute Gasteiger partial charge is 0.315 e. The minimum absolute atomic E-state index is 0.00585. The van der Waals surface area contributed by atoms with E-state index in [1.807, 2.05) is 35.2 Å². The maximum absolute atomic E-state index is 12.0. The maximum Gasteiger partial charge on any atom is 0.315 e. The second-order valence-corrected chi connectivity index (χ2v) is 7.42. The van der Waals surface area contributed by atoms with E-state index in [1.54, 1.807) is 18.2 Å². The van der Waals surface area contributed by atoms with Crippen molar-refractivity contribution in [1.29, 1.82) is 0 Å². The molecule has 0 aromatic heterocycles. The summed E-state index contributed by atoms with van der Waals surface area (Å²) in [5.41, 5.74) is 1.43. The van der Waals surface area contributed by atoms with Gasteiger partial charge in [0.2, 0.25) is 0 Å². The molecule has 1 fully saturated rings.